The summed E-state index contributed by atoms with van der Waals surface area (Å²) in [7, 11) is 0. The van der Waals surface area contributed by atoms with Crippen LogP contribution in [-0.4, -0.2) is 62.8 Å². The summed E-state index contributed by atoms with van der Waals surface area (Å²) in [5.74, 6) is 0.367. The van der Waals surface area contributed by atoms with Crippen molar-refractivity contribution in [2.75, 3.05) is 39.5 Å². The van der Waals surface area contributed by atoms with Gasteiger partial charge in [0.25, 0.3) is 0 Å². The molecule has 0 fully saturated rings. The Labute approximate surface area is 253 Å². The molecule has 7 heteroatoms. The predicted molar refractivity (Wildman–Crippen MR) is 169 cm³/mol. The maximum absolute atomic E-state index is 12.9. The van der Waals surface area contributed by atoms with Gasteiger partial charge in [-0.3, -0.25) is 4.79 Å². The predicted octanol–water partition coefficient (Wildman–Crippen LogP) is 9.46. The standard InChI is InChI=1S/C34H67NO6/c1-6-11-14-17-18-22-27-35(34(37)41-30-33(38-9-4)39-10-5)28-23-21-26-32(36)40-29-31(24-19-15-12-7-2)25-20-16-13-8-3/h31,33H,6-30H2,1-5H3. The minimum atomic E-state index is -0.540. The fraction of sp³-hybridized carbons (Fsp3) is 0.941. The molecule has 0 bridgehead atoms. The summed E-state index contributed by atoms with van der Waals surface area (Å²) in [6, 6.07) is 0. The molecular weight excluding hydrogens is 518 g/mol. The highest BCUT2D eigenvalue weighted by Gasteiger charge is 2.18. The first-order valence-corrected chi connectivity index (χ1v) is 17.3. The molecule has 0 aromatic carbocycles. The first-order valence-electron chi connectivity index (χ1n) is 17.3. The quantitative estimate of drug-likeness (QED) is 0.0475. The van der Waals surface area contributed by atoms with Crippen LogP contribution in [0.3, 0.4) is 0 Å². The third kappa shape index (κ3) is 24.9. The van der Waals surface area contributed by atoms with Crippen LogP contribution in [0.15, 0.2) is 0 Å². The van der Waals surface area contributed by atoms with Crippen molar-refractivity contribution in [2.45, 2.75) is 163 Å². The van der Waals surface area contributed by atoms with Crippen molar-refractivity contribution in [2.24, 2.45) is 5.92 Å². The van der Waals surface area contributed by atoms with E-state index in [-0.39, 0.29) is 18.7 Å². The van der Waals surface area contributed by atoms with Gasteiger partial charge in [0.05, 0.1) is 6.61 Å². The molecule has 0 N–H and O–H groups in total. The van der Waals surface area contributed by atoms with E-state index in [1.807, 2.05) is 13.8 Å². The van der Waals surface area contributed by atoms with Crippen molar-refractivity contribution in [1.82, 2.24) is 4.90 Å². The van der Waals surface area contributed by atoms with Gasteiger partial charge in [0.15, 0.2) is 6.29 Å². The fourth-order valence-corrected chi connectivity index (χ4v) is 5.01. The van der Waals surface area contributed by atoms with Crippen LogP contribution in [0.4, 0.5) is 4.79 Å². The van der Waals surface area contributed by atoms with E-state index in [2.05, 4.69) is 20.8 Å². The van der Waals surface area contributed by atoms with E-state index in [0.29, 0.717) is 51.7 Å². The van der Waals surface area contributed by atoms with Crippen molar-refractivity contribution in [1.29, 1.82) is 0 Å². The van der Waals surface area contributed by atoms with Crippen LogP contribution in [0.5, 0.6) is 0 Å². The zero-order valence-electron chi connectivity index (χ0n) is 27.7. The maximum Gasteiger partial charge on any atom is 0.409 e. The summed E-state index contributed by atoms with van der Waals surface area (Å²) < 4.78 is 22.3. The molecule has 0 unspecified atom stereocenters. The molecule has 0 rings (SSSR count). The van der Waals surface area contributed by atoms with Crippen molar-refractivity contribution in [3.05, 3.63) is 0 Å². The lowest BCUT2D eigenvalue weighted by molar-refractivity contribution is -0.158. The molecule has 0 saturated heterocycles. The highest BCUT2D eigenvalue weighted by atomic mass is 16.7. The van der Waals surface area contributed by atoms with Crippen LogP contribution in [0.2, 0.25) is 0 Å². The van der Waals surface area contributed by atoms with Crippen molar-refractivity contribution in [3.8, 4) is 0 Å². The molecule has 0 aliphatic rings. The summed E-state index contributed by atoms with van der Waals surface area (Å²) in [4.78, 5) is 27.2. The van der Waals surface area contributed by atoms with E-state index in [1.54, 1.807) is 4.90 Å². The number of ether oxygens (including phenoxy) is 4. The summed E-state index contributed by atoms with van der Waals surface area (Å²) in [6.45, 7) is 13.3. The van der Waals surface area contributed by atoms with E-state index < -0.39 is 6.29 Å². The Bertz CT molecular complexity index is 570. The molecule has 0 aromatic heterocycles. The molecule has 0 atom stereocenters. The number of amides is 1. The molecule has 0 aromatic rings. The fourth-order valence-electron chi connectivity index (χ4n) is 5.01. The lowest BCUT2D eigenvalue weighted by atomic mass is 9.95. The van der Waals surface area contributed by atoms with Crippen LogP contribution >= 0.6 is 0 Å². The van der Waals surface area contributed by atoms with Gasteiger partial charge < -0.3 is 23.8 Å². The molecule has 0 heterocycles. The second-order valence-electron chi connectivity index (χ2n) is 11.4. The lowest BCUT2D eigenvalue weighted by Gasteiger charge is -2.24. The highest BCUT2D eigenvalue weighted by Crippen LogP contribution is 2.19. The van der Waals surface area contributed by atoms with Gasteiger partial charge in [0, 0.05) is 32.7 Å². The third-order valence-electron chi connectivity index (χ3n) is 7.56. The summed E-state index contributed by atoms with van der Waals surface area (Å²) in [5, 5.41) is 0. The summed E-state index contributed by atoms with van der Waals surface area (Å²) >= 11 is 0. The van der Waals surface area contributed by atoms with Crippen LogP contribution in [0.25, 0.3) is 0 Å². The van der Waals surface area contributed by atoms with Crippen molar-refractivity contribution < 1.29 is 28.5 Å². The van der Waals surface area contributed by atoms with E-state index in [9.17, 15) is 9.59 Å². The SMILES string of the molecule is CCCCCCCCN(CCCCC(=O)OCC(CCCCCC)CCCCCC)C(=O)OCC(OCC)OCC. The third-order valence-corrected chi connectivity index (χ3v) is 7.56. The normalized spacial score (nSPS) is 11.4. The molecule has 7 nitrogen and oxygen atoms in total. The van der Waals surface area contributed by atoms with Gasteiger partial charge in [-0.05, 0) is 51.9 Å². The minimum Gasteiger partial charge on any atom is -0.465 e. The number of unbranched alkanes of at least 4 members (excludes halogenated alkanes) is 12. The van der Waals surface area contributed by atoms with Gasteiger partial charge in [0.2, 0.25) is 0 Å². The number of nitrogens with zero attached hydrogens (tertiary/aromatic N) is 1. The Morgan fingerprint density at radius 3 is 1.59 bits per heavy atom. The maximum atomic E-state index is 12.9. The van der Waals surface area contributed by atoms with Gasteiger partial charge in [-0.2, -0.15) is 0 Å². The summed E-state index contributed by atoms with van der Waals surface area (Å²) in [5.41, 5.74) is 0. The zero-order valence-corrected chi connectivity index (χ0v) is 27.7. The zero-order chi connectivity index (χ0) is 30.4. The molecule has 41 heavy (non-hydrogen) atoms. The average Bonchev–Trinajstić information content (AvgIpc) is 2.97. The number of carbonyl (C=O) groups excluding carboxylic acids is 2. The Morgan fingerprint density at radius 2 is 1.05 bits per heavy atom. The number of esters is 1. The smallest absolute Gasteiger partial charge is 0.409 e. The van der Waals surface area contributed by atoms with Gasteiger partial charge in [-0.25, -0.2) is 4.79 Å². The van der Waals surface area contributed by atoms with E-state index in [1.165, 1.54) is 77.0 Å². The van der Waals surface area contributed by atoms with Gasteiger partial charge >= 0.3 is 12.1 Å². The van der Waals surface area contributed by atoms with E-state index >= 15 is 0 Å². The van der Waals surface area contributed by atoms with Crippen LogP contribution in [0, 0.1) is 5.92 Å². The van der Waals surface area contributed by atoms with Crippen molar-refractivity contribution >= 4 is 12.1 Å². The summed E-state index contributed by atoms with van der Waals surface area (Å²) in [6.07, 6.45) is 20.3. The van der Waals surface area contributed by atoms with Crippen molar-refractivity contribution in [3.63, 3.8) is 0 Å². The van der Waals surface area contributed by atoms with Gasteiger partial charge in [-0.1, -0.05) is 104 Å². The Hall–Kier alpha value is -1.34. The molecule has 0 aliphatic carbocycles. The molecule has 0 radical (unpaired) electrons. The first kappa shape index (κ1) is 39.7. The number of hydrogen-bond acceptors (Lipinski definition) is 6. The molecule has 0 aliphatic heterocycles. The second-order valence-corrected chi connectivity index (χ2v) is 11.4. The monoisotopic (exact) mass is 585 g/mol. The van der Waals surface area contributed by atoms with Gasteiger partial charge in [0.1, 0.15) is 6.61 Å². The largest absolute Gasteiger partial charge is 0.465 e. The number of carbonyl (C=O) groups is 2. The molecule has 0 spiro atoms. The average molecular weight is 586 g/mol. The van der Waals surface area contributed by atoms with Crippen LogP contribution in [0.1, 0.15) is 157 Å². The number of hydrogen-bond donors (Lipinski definition) is 0. The van der Waals surface area contributed by atoms with Crippen LogP contribution in [-0.2, 0) is 23.7 Å². The van der Waals surface area contributed by atoms with Gasteiger partial charge in [-0.15, -0.1) is 0 Å². The topological polar surface area (TPSA) is 74.3 Å². The minimum absolute atomic E-state index is 0.0812. The molecule has 0 saturated carbocycles. The molecular formula is C34H67NO6. The lowest BCUT2D eigenvalue weighted by Crippen LogP contribution is -2.36. The first-order chi connectivity index (χ1) is 20.0. The van der Waals surface area contributed by atoms with E-state index in [4.69, 9.17) is 18.9 Å². The second kappa shape index (κ2) is 30.1. The molecule has 244 valence electrons. The Kier molecular flexibility index (Phi) is 29.1. The van der Waals surface area contributed by atoms with Crippen LogP contribution < -0.4 is 0 Å². The Morgan fingerprint density at radius 1 is 0.561 bits per heavy atom. The highest BCUT2D eigenvalue weighted by molar-refractivity contribution is 5.69. The van der Waals surface area contributed by atoms with E-state index in [0.717, 1.165) is 32.1 Å². The molecule has 1 amide bonds. The number of rotatable bonds is 30. The Balaban J connectivity index is 4.61.